The molecule has 7 nitrogen and oxygen atoms in total. The van der Waals surface area contributed by atoms with Crippen LogP contribution in [0.25, 0.3) is 0 Å². The van der Waals surface area contributed by atoms with Crippen LogP contribution in [0.5, 0.6) is 0 Å². The average molecular weight is 342 g/mol. The van der Waals surface area contributed by atoms with Crippen LogP contribution < -0.4 is 16.0 Å². The van der Waals surface area contributed by atoms with Crippen molar-refractivity contribution < 1.29 is 19.5 Å². The number of carbonyl (C=O) groups excluding carboxylic acids is 2. The van der Waals surface area contributed by atoms with Crippen molar-refractivity contribution in [2.24, 2.45) is 0 Å². The Kier molecular flexibility index (Phi) is 7.90. The molecule has 126 valence electrons. The molecule has 0 aliphatic carbocycles. The molecule has 1 rings (SSSR count). The molecule has 0 unspecified atom stereocenters. The minimum Gasteiger partial charge on any atom is -0.480 e. The van der Waals surface area contributed by atoms with Crippen molar-refractivity contribution in [2.45, 2.75) is 32.2 Å². The van der Waals surface area contributed by atoms with E-state index in [9.17, 15) is 14.4 Å². The number of carboxylic acids is 1. The second kappa shape index (κ2) is 9.68. The highest BCUT2D eigenvalue weighted by molar-refractivity contribution is 6.30. The van der Waals surface area contributed by atoms with Gasteiger partial charge in [0.2, 0.25) is 5.91 Å². The standard InChI is InChI=1S/C15H20ClN3O4/c1-10(20)18-13(14(21)22)4-2-3-9-17-15(23)19-12-7-5-11(16)6-8-12/h5-8,13H,2-4,9H2,1H3,(H,18,20)(H,21,22)(H2,17,19,23)/t13-/m0/s1. The maximum atomic E-state index is 11.6. The topological polar surface area (TPSA) is 108 Å². The van der Waals surface area contributed by atoms with Crippen molar-refractivity contribution in [1.29, 1.82) is 0 Å². The van der Waals surface area contributed by atoms with Gasteiger partial charge in [0.05, 0.1) is 0 Å². The van der Waals surface area contributed by atoms with E-state index < -0.39 is 12.0 Å². The summed E-state index contributed by atoms with van der Waals surface area (Å²) < 4.78 is 0. The lowest BCUT2D eigenvalue weighted by atomic mass is 10.1. The largest absolute Gasteiger partial charge is 0.480 e. The van der Waals surface area contributed by atoms with Gasteiger partial charge in [0.1, 0.15) is 6.04 Å². The summed E-state index contributed by atoms with van der Waals surface area (Å²) in [5.41, 5.74) is 0.628. The van der Waals surface area contributed by atoms with E-state index in [1.54, 1.807) is 24.3 Å². The maximum absolute atomic E-state index is 11.6. The maximum Gasteiger partial charge on any atom is 0.326 e. The summed E-state index contributed by atoms with van der Waals surface area (Å²) in [6, 6.07) is 5.48. The van der Waals surface area contributed by atoms with Crippen LogP contribution in [0.15, 0.2) is 24.3 Å². The molecular formula is C15H20ClN3O4. The Labute approximate surface area is 139 Å². The van der Waals surface area contributed by atoms with Gasteiger partial charge in [-0.2, -0.15) is 0 Å². The lowest BCUT2D eigenvalue weighted by molar-refractivity contribution is -0.141. The van der Waals surface area contributed by atoms with Crippen molar-refractivity contribution in [3.8, 4) is 0 Å². The van der Waals surface area contributed by atoms with Crippen molar-refractivity contribution >= 4 is 35.2 Å². The van der Waals surface area contributed by atoms with Crippen LogP contribution in [0.3, 0.4) is 0 Å². The first-order valence-electron chi connectivity index (χ1n) is 7.19. The third-order valence-electron chi connectivity index (χ3n) is 2.98. The number of amides is 3. The summed E-state index contributed by atoms with van der Waals surface area (Å²) in [4.78, 5) is 33.5. The summed E-state index contributed by atoms with van der Waals surface area (Å²) in [6.45, 7) is 1.68. The number of halogens is 1. The molecule has 1 atom stereocenters. The van der Waals surface area contributed by atoms with E-state index >= 15 is 0 Å². The number of carboxylic acid groups (broad SMARTS) is 1. The first-order chi connectivity index (χ1) is 10.9. The van der Waals surface area contributed by atoms with Gasteiger partial charge in [0.25, 0.3) is 0 Å². The molecule has 0 bridgehead atoms. The van der Waals surface area contributed by atoms with Gasteiger partial charge in [0, 0.05) is 24.2 Å². The SMILES string of the molecule is CC(=O)N[C@@H](CCCCNC(=O)Nc1ccc(Cl)cc1)C(=O)O. The molecule has 0 saturated heterocycles. The quantitative estimate of drug-likeness (QED) is 0.544. The minimum atomic E-state index is -1.06. The Bertz CT molecular complexity index is 548. The van der Waals surface area contributed by atoms with Gasteiger partial charge in [0.15, 0.2) is 0 Å². The van der Waals surface area contributed by atoms with E-state index in [1.807, 2.05) is 0 Å². The third kappa shape index (κ3) is 8.06. The molecule has 0 aromatic heterocycles. The molecule has 3 amide bonds. The van der Waals surface area contributed by atoms with Crippen LogP contribution in [0.1, 0.15) is 26.2 Å². The molecule has 1 aromatic rings. The van der Waals surface area contributed by atoms with E-state index in [0.29, 0.717) is 36.5 Å². The second-order valence-corrected chi connectivity index (χ2v) is 5.41. The molecule has 0 aliphatic heterocycles. The Balaban J connectivity index is 2.20. The summed E-state index contributed by atoms with van der Waals surface area (Å²) in [6.07, 6.45) is 1.49. The molecule has 23 heavy (non-hydrogen) atoms. The van der Waals surface area contributed by atoms with Crippen LogP contribution in [-0.2, 0) is 9.59 Å². The third-order valence-corrected chi connectivity index (χ3v) is 3.23. The molecule has 8 heteroatoms. The predicted molar refractivity (Wildman–Crippen MR) is 87.6 cm³/mol. The number of nitrogens with one attached hydrogen (secondary N) is 3. The molecule has 0 saturated carbocycles. The van der Waals surface area contributed by atoms with Gasteiger partial charge in [-0.15, -0.1) is 0 Å². The van der Waals surface area contributed by atoms with Crippen LogP contribution in [0.4, 0.5) is 10.5 Å². The lowest BCUT2D eigenvalue weighted by Crippen LogP contribution is -2.39. The summed E-state index contributed by atoms with van der Waals surface area (Å²) in [5.74, 6) is -1.44. The van der Waals surface area contributed by atoms with Crippen LogP contribution in [0, 0.1) is 0 Å². The number of rotatable bonds is 8. The number of aliphatic carboxylic acids is 1. The van der Waals surface area contributed by atoms with Gasteiger partial charge in [-0.05, 0) is 43.5 Å². The zero-order valence-electron chi connectivity index (χ0n) is 12.8. The number of hydrogen-bond donors (Lipinski definition) is 4. The Morgan fingerprint density at radius 1 is 1.17 bits per heavy atom. The van der Waals surface area contributed by atoms with E-state index in [1.165, 1.54) is 6.92 Å². The van der Waals surface area contributed by atoms with Gasteiger partial charge >= 0.3 is 12.0 Å². The summed E-state index contributed by atoms with van der Waals surface area (Å²) in [7, 11) is 0. The van der Waals surface area contributed by atoms with Gasteiger partial charge in [-0.3, -0.25) is 4.79 Å². The number of hydrogen-bond acceptors (Lipinski definition) is 3. The van der Waals surface area contributed by atoms with E-state index in [-0.39, 0.29) is 11.9 Å². The molecule has 0 fully saturated rings. The second-order valence-electron chi connectivity index (χ2n) is 4.97. The summed E-state index contributed by atoms with van der Waals surface area (Å²) >= 11 is 5.75. The first-order valence-corrected chi connectivity index (χ1v) is 7.56. The highest BCUT2D eigenvalue weighted by atomic mass is 35.5. The predicted octanol–water partition coefficient (Wildman–Crippen LogP) is 2.22. The fourth-order valence-electron chi connectivity index (χ4n) is 1.89. The molecule has 0 radical (unpaired) electrons. The van der Waals surface area contributed by atoms with Gasteiger partial charge in [-0.1, -0.05) is 11.6 Å². The number of carbonyl (C=O) groups is 3. The van der Waals surface area contributed by atoms with Crippen LogP contribution >= 0.6 is 11.6 Å². The molecular weight excluding hydrogens is 322 g/mol. The zero-order chi connectivity index (χ0) is 17.2. The van der Waals surface area contributed by atoms with Crippen molar-refractivity contribution in [3.63, 3.8) is 0 Å². The average Bonchev–Trinajstić information content (AvgIpc) is 2.47. The molecule has 4 N–H and O–H groups in total. The monoisotopic (exact) mass is 341 g/mol. The van der Waals surface area contributed by atoms with Crippen molar-refractivity contribution in [2.75, 3.05) is 11.9 Å². The van der Waals surface area contributed by atoms with E-state index in [4.69, 9.17) is 16.7 Å². The zero-order valence-corrected chi connectivity index (χ0v) is 13.5. The van der Waals surface area contributed by atoms with E-state index in [2.05, 4.69) is 16.0 Å². The molecule has 0 aliphatic rings. The minimum absolute atomic E-state index is 0.315. The highest BCUT2D eigenvalue weighted by Gasteiger charge is 2.17. The number of unbranched alkanes of at least 4 members (excludes halogenated alkanes) is 1. The smallest absolute Gasteiger partial charge is 0.326 e. The van der Waals surface area contributed by atoms with Gasteiger partial charge in [-0.25, -0.2) is 9.59 Å². The lowest BCUT2D eigenvalue weighted by Gasteiger charge is -2.13. The molecule has 0 spiro atoms. The fourth-order valence-corrected chi connectivity index (χ4v) is 2.01. The van der Waals surface area contributed by atoms with Crippen molar-refractivity contribution in [3.05, 3.63) is 29.3 Å². The Morgan fingerprint density at radius 2 is 1.83 bits per heavy atom. The molecule has 0 heterocycles. The Hall–Kier alpha value is -2.28. The normalized spacial score (nSPS) is 11.4. The van der Waals surface area contributed by atoms with Crippen LogP contribution in [0.2, 0.25) is 5.02 Å². The number of anilines is 1. The highest BCUT2D eigenvalue weighted by Crippen LogP contribution is 2.13. The Morgan fingerprint density at radius 3 is 2.39 bits per heavy atom. The summed E-state index contributed by atoms with van der Waals surface area (Å²) in [5, 5.41) is 17.2. The molecule has 1 aromatic carbocycles. The first kappa shape index (κ1) is 18.8. The number of benzene rings is 1. The van der Waals surface area contributed by atoms with Crippen LogP contribution in [-0.4, -0.2) is 35.6 Å². The fraction of sp³-hybridized carbons (Fsp3) is 0.400. The number of urea groups is 1. The van der Waals surface area contributed by atoms with E-state index in [0.717, 1.165) is 0 Å². The van der Waals surface area contributed by atoms with Crippen molar-refractivity contribution in [1.82, 2.24) is 10.6 Å². The van der Waals surface area contributed by atoms with Gasteiger partial charge < -0.3 is 21.1 Å².